The summed E-state index contributed by atoms with van der Waals surface area (Å²) in [5.74, 6) is 0.0786. The Bertz CT molecular complexity index is 1240. The van der Waals surface area contributed by atoms with E-state index in [0.29, 0.717) is 15.1 Å². The van der Waals surface area contributed by atoms with Crippen LogP contribution in [0.2, 0.25) is 0 Å². The van der Waals surface area contributed by atoms with Crippen LogP contribution in [0.1, 0.15) is 31.1 Å². The molecule has 2 aliphatic heterocycles. The number of ether oxygens (including phenoxy) is 1. The molecule has 0 spiro atoms. The monoisotopic (exact) mass is 379 g/mol. The van der Waals surface area contributed by atoms with Crippen molar-refractivity contribution in [1.82, 2.24) is 9.55 Å². The average Bonchev–Trinajstić information content (AvgIpc) is 3.22. The highest BCUT2D eigenvalue weighted by Crippen LogP contribution is 2.47. The molecule has 6 nitrogen and oxygen atoms in total. The minimum Gasteiger partial charge on any atom is -0.465 e. The normalized spacial score (nSPS) is 25.9. The van der Waals surface area contributed by atoms with Gasteiger partial charge in [0.2, 0.25) is 5.72 Å². The second-order valence-electron chi connectivity index (χ2n) is 7.03. The van der Waals surface area contributed by atoms with Crippen LogP contribution in [0.5, 0.6) is 5.75 Å². The number of nitrogens with zero attached hydrogens (tertiary/aromatic N) is 2. The summed E-state index contributed by atoms with van der Waals surface area (Å²) in [5.41, 5.74) is 0.535. The van der Waals surface area contributed by atoms with Crippen LogP contribution in [0.25, 0.3) is 6.08 Å². The molecule has 2 bridgehead atoms. The molecule has 7 heteroatoms. The van der Waals surface area contributed by atoms with Gasteiger partial charge < -0.3 is 9.72 Å². The number of thiazole rings is 1. The number of aromatic nitrogens is 2. The number of H-pyrrole nitrogens is 1. The van der Waals surface area contributed by atoms with E-state index in [-0.39, 0.29) is 11.3 Å². The van der Waals surface area contributed by atoms with E-state index in [0.717, 1.165) is 11.3 Å². The molecule has 0 fully saturated rings. The molecule has 4 heterocycles. The Morgan fingerprint density at radius 1 is 1.33 bits per heavy atom. The van der Waals surface area contributed by atoms with E-state index in [9.17, 15) is 9.59 Å². The lowest BCUT2D eigenvalue weighted by molar-refractivity contribution is -0.132. The highest BCUT2D eigenvalue weighted by molar-refractivity contribution is 7.07. The van der Waals surface area contributed by atoms with Gasteiger partial charge in [-0.25, -0.2) is 4.99 Å². The predicted molar refractivity (Wildman–Crippen MR) is 102 cm³/mol. The maximum absolute atomic E-state index is 13.2. The van der Waals surface area contributed by atoms with Crippen LogP contribution in [0.4, 0.5) is 0 Å². The van der Waals surface area contributed by atoms with Gasteiger partial charge >= 0.3 is 0 Å². The first kappa shape index (κ1) is 16.3. The van der Waals surface area contributed by atoms with Crippen LogP contribution in [0.15, 0.2) is 52.4 Å². The quantitative estimate of drug-likeness (QED) is 0.735. The summed E-state index contributed by atoms with van der Waals surface area (Å²) >= 11 is 1.32. The summed E-state index contributed by atoms with van der Waals surface area (Å²) in [7, 11) is 0. The number of carbonyl (C=O) groups excluding carboxylic acids is 1. The van der Waals surface area contributed by atoms with E-state index >= 15 is 0 Å². The first-order chi connectivity index (χ1) is 13.0. The Kier molecular flexibility index (Phi) is 3.33. The topological polar surface area (TPSA) is 76.4 Å². The van der Waals surface area contributed by atoms with Crippen molar-refractivity contribution in [2.45, 2.75) is 25.6 Å². The number of carbonyl (C=O) groups is 1. The van der Waals surface area contributed by atoms with Crippen LogP contribution in [-0.4, -0.2) is 21.1 Å². The Morgan fingerprint density at radius 3 is 2.89 bits per heavy atom. The third kappa shape index (κ3) is 2.28. The lowest BCUT2D eigenvalue weighted by Gasteiger charge is -2.45. The van der Waals surface area contributed by atoms with Gasteiger partial charge in [0.15, 0.2) is 4.80 Å². The number of hydrogen-bond donors (Lipinski definition) is 1. The Morgan fingerprint density at radius 2 is 2.15 bits per heavy atom. The second-order valence-corrected chi connectivity index (χ2v) is 8.04. The van der Waals surface area contributed by atoms with Crippen molar-refractivity contribution in [3.8, 4) is 5.75 Å². The van der Waals surface area contributed by atoms with Crippen LogP contribution in [0, 0.1) is 5.92 Å². The highest BCUT2D eigenvalue weighted by Gasteiger charge is 2.53. The number of nitrogens with one attached hydrogen (secondary N) is 1. The zero-order valence-corrected chi connectivity index (χ0v) is 15.6. The van der Waals surface area contributed by atoms with Crippen LogP contribution in [0.3, 0.4) is 0 Å². The second kappa shape index (κ2) is 5.53. The molecule has 0 aliphatic carbocycles. The molecule has 1 N–H and O–H groups in total. The largest absolute Gasteiger partial charge is 0.465 e. The summed E-state index contributed by atoms with van der Waals surface area (Å²) in [6.07, 6.45) is 3.63. The van der Waals surface area contributed by atoms with Gasteiger partial charge in [0.05, 0.1) is 10.6 Å². The number of fused-ring (bicyclic) bond motifs is 6. The summed E-state index contributed by atoms with van der Waals surface area (Å²) in [5, 5.41) is 0. The molecule has 2 aliphatic rings. The van der Waals surface area contributed by atoms with Gasteiger partial charge in [-0.3, -0.25) is 14.2 Å². The minimum absolute atomic E-state index is 0.0422. The van der Waals surface area contributed by atoms with E-state index < -0.39 is 17.7 Å². The van der Waals surface area contributed by atoms with Crippen LogP contribution < -0.4 is 19.6 Å². The van der Waals surface area contributed by atoms with Gasteiger partial charge in [-0.15, -0.1) is 0 Å². The van der Waals surface area contributed by atoms with E-state index in [1.54, 1.807) is 4.57 Å². The Labute approximate surface area is 158 Å². The fourth-order valence-electron chi connectivity index (χ4n) is 4.13. The number of para-hydroxylation sites is 1. The molecule has 3 unspecified atom stereocenters. The Hall–Kier alpha value is -2.93. The Balaban J connectivity index is 1.85. The van der Waals surface area contributed by atoms with Gasteiger partial charge in [0.1, 0.15) is 17.5 Å². The van der Waals surface area contributed by atoms with Crippen molar-refractivity contribution in [2.75, 3.05) is 0 Å². The number of benzene rings is 1. The van der Waals surface area contributed by atoms with Gasteiger partial charge in [-0.1, -0.05) is 29.5 Å². The highest BCUT2D eigenvalue weighted by atomic mass is 32.1. The number of Topliss-reactive ketones (excluding diaryl/α,β-unsaturated/α-hetero) is 1. The van der Waals surface area contributed by atoms with Crippen molar-refractivity contribution < 1.29 is 9.53 Å². The van der Waals surface area contributed by atoms with E-state index in [2.05, 4.69) is 4.98 Å². The minimum atomic E-state index is -1.02. The summed E-state index contributed by atoms with van der Waals surface area (Å²) < 4.78 is 8.40. The van der Waals surface area contributed by atoms with Gasteiger partial charge in [0, 0.05) is 17.5 Å². The third-order valence-corrected chi connectivity index (χ3v) is 6.21. The molecular weight excluding hydrogens is 362 g/mol. The molecular formula is C20H17N3O3S. The summed E-state index contributed by atoms with van der Waals surface area (Å²) in [6, 6.07) is 10.9. The standard InChI is InChI=1S/C20H17N3O3S/c1-11(24)16-17-13-7-3-4-8-14(13)26-20(16,2)22-19-23(17)18(25)15(27-19)10-12-6-5-9-21-12/h3-10,16-17,21H,1-2H3. The summed E-state index contributed by atoms with van der Waals surface area (Å²) in [4.78, 5) is 34.2. The number of hydrogen-bond acceptors (Lipinski definition) is 5. The lowest BCUT2D eigenvalue weighted by atomic mass is 9.79. The fraction of sp³-hybridized carbons (Fsp3) is 0.250. The van der Waals surface area contributed by atoms with Crippen molar-refractivity contribution in [3.05, 3.63) is 73.5 Å². The van der Waals surface area contributed by atoms with Gasteiger partial charge in [-0.05, 0) is 38.1 Å². The molecule has 3 aromatic rings. The first-order valence-electron chi connectivity index (χ1n) is 8.73. The molecule has 0 saturated heterocycles. The molecule has 0 saturated carbocycles. The van der Waals surface area contributed by atoms with Crippen molar-refractivity contribution in [3.63, 3.8) is 0 Å². The molecule has 1 aromatic carbocycles. The number of ketones is 1. The molecule has 27 heavy (non-hydrogen) atoms. The van der Waals surface area contributed by atoms with Crippen LogP contribution >= 0.6 is 11.3 Å². The fourth-order valence-corrected chi connectivity index (χ4v) is 5.22. The van der Waals surface area contributed by atoms with Crippen molar-refractivity contribution >= 4 is 23.2 Å². The zero-order chi connectivity index (χ0) is 18.8. The third-order valence-electron chi connectivity index (χ3n) is 5.23. The zero-order valence-electron chi connectivity index (χ0n) is 14.8. The first-order valence-corrected chi connectivity index (χ1v) is 9.54. The summed E-state index contributed by atoms with van der Waals surface area (Å²) in [6.45, 7) is 3.36. The predicted octanol–water partition coefficient (Wildman–Crippen LogP) is 1.60. The molecule has 5 rings (SSSR count). The number of rotatable bonds is 2. The molecule has 0 radical (unpaired) electrons. The smallest absolute Gasteiger partial charge is 0.270 e. The average molecular weight is 379 g/mol. The van der Waals surface area contributed by atoms with E-state index in [1.165, 1.54) is 18.3 Å². The number of aromatic amines is 1. The SMILES string of the molecule is CC(=O)C1C2c3ccccc3OC1(C)N=c1sc(=Cc3ccc[nH]3)c(=O)n12. The molecule has 3 atom stereocenters. The maximum Gasteiger partial charge on any atom is 0.270 e. The molecule has 0 amide bonds. The van der Waals surface area contributed by atoms with E-state index in [4.69, 9.17) is 9.73 Å². The van der Waals surface area contributed by atoms with Crippen molar-refractivity contribution in [1.29, 1.82) is 0 Å². The molecule has 136 valence electrons. The van der Waals surface area contributed by atoms with Crippen molar-refractivity contribution in [2.24, 2.45) is 10.9 Å². The van der Waals surface area contributed by atoms with E-state index in [1.807, 2.05) is 55.6 Å². The molecule has 2 aromatic heterocycles. The van der Waals surface area contributed by atoms with Gasteiger partial charge in [-0.2, -0.15) is 0 Å². The van der Waals surface area contributed by atoms with Crippen LogP contribution in [-0.2, 0) is 4.79 Å². The maximum atomic E-state index is 13.2. The lowest BCUT2D eigenvalue weighted by Crippen LogP contribution is -2.58. The van der Waals surface area contributed by atoms with Gasteiger partial charge in [0.25, 0.3) is 5.56 Å².